The summed E-state index contributed by atoms with van der Waals surface area (Å²) in [5, 5.41) is 13.5. The normalized spacial score (nSPS) is 15.5. The highest BCUT2D eigenvalue weighted by molar-refractivity contribution is 7.99. The second kappa shape index (κ2) is 10.5. The van der Waals surface area contributed by atoms with E-state index in [-0.39, 0.29) is 23.5 Å². The fourth-order valence-electron chi connectivity index (χ4n) is 4.21. The average molecular weight is 490 g/mol. The van der Waals surface area contributed by atoms with Crippen LogP contribution in [-0.4, -0.2) is 49.9 Å². The molecule has 4 aromatic rings. The van der Waals surface area contributed by atoms with Crippen LogP contribution >= 0.6 is 11.8 Å². The lowest BCUT2D eigenvalue weighted by Gasteiger charge is -2.14. The van der Waals surface area contributed by atoms with Crippen molar-refractivity contribution in [3.8, 4) is 11.4 Å². The summed E-state index contributed by atoms with van der Waals surface area (Å²) < 4.78 is 7.97. The van der Waals surface area contributed by atoms with Gasteiger partial charge in [0, 0.05) is 46.9 Å². The second-order valence-corrected chi connectivity index (χ2v) is 9.43. The number of Topliss-reactive ketones (excluding diaryl/α,β-unsaturated/α-hetero) is 1. The number of fused-ring (bicyclic) bond motifs is 1. The number of carbonyl (C=O) groups excluding carboxylic acids is 2. The number of carbonyl (C=O) groups is 2. The Hall–Kier alpha value is -3.43. The molecule has 5 rings (SSSR count). The zero-order valence-electron chi connectivity index (χ0n) is 19.5. The lowest BCUT2D eigenvalue weighted by molar-refractivity contribution is -0.115. The molecule has 2 aromatic heterocycles. The molecule has 0 bridgehead atoms. The number of nitrogens with zero attached hydrogens (tertiary/aromatic N) is 3. The Bertz CT molecular complexity index is 1340. The SMILES string of the molecule is CCC(=O)Nc1ccc(C(=O)CSc2nnc(-c3c[nH]c4ccccc34)n2C[C@H]2CCCO2)cc1. The topological polar surface area (TPSA) is 102 Å². The molecule has 3 heterocycles. The van der Waals surface area contributed by atoms with Gasteiger partial charge in [-0.2, -0.15) is 0 Å². The first-order valence-electron chi connectivity index (χ1n) is 11.8. The van der Waals surface area contributed by atoms with Gasteiger partial charge in [-0.05, 0) is 43.2 Å². The molecular weight excluding hydrogens is 462 g/mol. The van der Waals surface area contributed by atoms with E-state index in [4.69, 9.17) is 4.74 Å². The van der Waals surface area contributed by atoms with E-state index in [2.05, 4.69) is 31.1 Å². The minimum Gasteiger partial charge on any atom is -0.376 e. The van der Waals surface area contributed by atoms with E-state index in [0.29, 0.717) is 29.4 Å². The monoisotopic (exact) mass is 489 g/mol. The first-order valence-corrected chi connectivity index (χ1v) is 12.8. The number of hydrogen-bond donors (Lipinski definition) is 2. The number of aromatic amines is 1. The Morgan fingerprint density at radius 1 is 1.17 bits per heavy atom. The zero-order chi connectivity index (χ0) is 24.2. The van der Waals surface area contributed by atoms with Gasteiger partial charge in [-0.15, -0.1) is 10.2 Å². The van der Waals surface area contributed by atoms with Crippen molar-refractivity contribution in [1.29, 1.82) is 0 Å². The summed E-state index contributed by atoms with van der Waals surface area (Å²) in [6.45, 7) is 3.21. The van der Waals surface area contributed by atoms with Crippen LogP contribution in [0.15, 0.2) is 59.9 Å². The molecule has 0 spiro atoms. The van der Waals surface area contributed by atoms with Gasteiger partial charge < -0.3 is 15.0 Å². The number of para-hydroxylation sites is 1. The summed E-state index contributed by atoms with van der Waals surface area (Å²) in [7, 11) is 0. The standard InChI is InChI=1S/C26H27N5O3S/c1-2-24(33)28-18-11-9-17(10-12-18)23(32)16-35-26-30-29-25(31(26)15-19-6-5-13-34-19)21-14-27-22-8-4-3-7-20(21)22/h3-4,7-12,14,19,27H,2,5-6,13,15-16H2,1H3,(H,28,33)/t19-/m1/s1. The largest absolute Gasteiger partial charge is 0.376 e. The third-order valence-corrected chi connectivity index (χ3v) is 7.07. The first kappa shape index (κ1) is 23.3. The molecule has 1 aliphatic heterocycles. The van der Waals surface area contributed by atoms with Gasteiger partial charge >= 0.3 is 0 Å². The highest BCUT2D eigenvalue weighted by Gasteiger charge is 2.23. The number of aromatic nitrogens is 4. The number of benzene rings is 2. The van der Waals surface area contributed by atoms with Crippen molar-refractivity contribution >= 4 is 40.0 Å². The van der Waals surface area contributed by atoms with Crippen LogP contribution in [0.3, 0.4) is 0 Å². The number of H-pyrrole nitrogens is 1. The van der Waals surface area contributed by atoms with Gasteiger partial charge in [0.05, 0.1) is 18.4 Å². The molecule has 1 atom stereocenters. The molecule has 0 saturated carbocycles. The Morgan fingerprint density at radius 2 is 2.00 bits per heavy atom. The van der Waals surface area contributed by atoms with E-state index in [9.17, 15) is 9.59 Å². The van der Waals surface area contributed by atoms with Crippen molar-refractivity contribution in [3.05, 3.63) is 60.3 Å². The maximum absolute atomic E-state index is 12.9. The average Bonchev–Trinajstić information content (AvgIpc) is 3.63. The molecule has 1 aliphatic rings. The predicted molar refractivity (Wildman–Crippen MR) is 137 cm³/mol. The molecule has 0 radical (unpaired) electrons. The predicted octanol–water partition coefficient (Wildman–Crippen LogP) is 4.93. The van der Waals surface area contributed by atoms with Crippen LogP contribution < -0.4 is 5.32 Å². The third-order valence-electron chi connectivity index (χ3n) is 6.10. The van der Waals surface area contributed by atoms with Gasteiger partial charge in [0.2, 0.25) is 5.91 Å². The summed E-state index contributed by atoms with van der Waals surface area (Å²) in [6.07, 6.45) is 4.51. The molecule has 1 saturated heterocycles. The van der Waals surface area contributed by atoms with Crippen LogP contribution in [-0.2, 0) is 16.1 Å². The number of thioether (sulfide) groups is 1. The first-order chi connectivity index (χ1) is 17.1. The van der Waals surface area contributed by atoms with Crippen molar-refractivity contribution < 1.29 is 14.3 Å². The Labute approximate surface area is 207 Å². The fraction of sp³-hybridized carbons (Fsp3) is 0.308. The van der Waals surface area contributed by atoms with Gasteiger partial charge in [0.25, 0.3) is 0 Å². The molecule has 2 N–H and O–H groups in total. The van der Waals surface area contributed by atoms with Crippen LogP contribution in [0.1, 0.15) is 36.5 Å². The van der Waals surface area contributed by atoms with Crippen molar-refractivity contribution in [2.45, 2.75) is 44.0 Å². The van der Waals surface area contributed by atoms with E-state index in [0.717, 1.165) is 41.7 Å². The van der Waals surface area contributed by atoms with E-state index < -0.39 is 0 Å². The zero-order valence-corrected chi connectivity index (χ0v) is 20.3. The van der Waals surface area contributed by atoms with Gasteiger partial charge in [0.1, 0.15) is 0 Å². The summed E-state index contributed by atoms with van der Waals surface area (Å²) in [4.78, 5) is 27.8. The number of ether oxygens (including phenoxy) is 1. The molecule has 1 fully saturated rings. The molecular formula is C26H27N5O3S. The number of ketones is 1. The van der Waals surface area contributed by atoms with E-state index >= 15 is 0 Å². The van der Waals surface area contributed by atoms with Crippen molar-refractivity contribution in [2.75, 3.05) is 17.7 Å². The van der Waals surface area contributed by atoms with Crippen LogP contribution in [0, 0.1) is 0 Å². The lowest BCUT2D eigenvalue weighted by atomic mass is 10.1. The Morgan fingerprint density at radius 3 is 2.77 bits per heavy atom. The minimum absolute atomic E-state index is 0.0105. The van der Waals surface area contributed by atoms with E-state index in [1.165, 1.54) is 11.8 Å². The number of amides is 1. The molecule has 1 amide bonds. The van der Waals surface area contributed by atoms with Crippen LogP contribution in [0.2, 0.25) is 0 Å². The third kappa shape index (κ3) is 5.16. The molecule has 180 valence electrons. The van der Waals surface area contributed by atoms with Crippen LogP contribution in [0.5, 0.6) is 0 Å². The number of hydrogen-bond acceptors (Lipinski definition) is 6. The van der Waals surface area contributed by atoms with Crippen LogP contribution in [0.25, 0.3) is 22.3 Å². The van der Waals surface area contributed by atoms with Gasteiger partial charge in [-0.1, -0.05) is 36.9 Å². The lowest BCUT2D eigenvalue weighted by Crippen LogP contribution is -2.17. The van der Waals surface area contributed by atoms with E-state index in [1.807, 2.05) is 24.4 Å². The highest BCUT2D eigenvalue weighted by atomic mass is 32.2. The summed E-state index contributed by atoms with van der Waals surface area (Å²) in [5.74, 6) is 0.932. The van der Waals surface area contributed by atoms with E-state index in [1.54, 1.807) is 31.2 Å². The molecule has 9 heteroatoms. The molecule has 2 aromatic carbocycles. The number of anilines is 1. The minimum atomic E-state index is -0.0591. The molecule has 35 heavy (non-hydrogen) atoms. The molecule has 8 nitrogen and oxygen atoms in total. The van der Waals surface area contributed by atoms with Gasteiger partial charge in [-0.3, -0.25) is 14.2 Å². The maximum Gasteiger partial charge on any atom is 0.224 e. The molecule has 0 aliphatic carbocycles. The van der Waals surface area contributed by atoms with Crippen LogP contribution in [0.4, 0.5) is 5.69 Å². The summed E-state index contributed by atoms with van der Waals surface area (Å²) in [5.41, 5.74) is 3.29. The second-order valence-electron chi connectivity index (χ2n) is 8.49. The summed E-state index contributed by atoms with van der Waals surface area (Å²) >= 11 is 1.38. The summed E-state index contributed by atoms with van der Waals surface area (Å²) in [6, 6.07) is 15.1. The van der Waals surface area contributed by atoms with Crippen molar-refractivity contribution in [3.63, 3.8) is 0 Å². The smallest absolute Gasteiger partial charge is 0.224 e. The maximum atomic E-state index is 12.9. The Balaban J connectivity index is 1.35. The Kier molecular flexibility index (Phi) is 6.96. The van der Waals surface area contributed by atoms with Crippen molar-refractivity contribution in [2.24, 2.45) is 0 Å². The fourth-order valence-corrected chi connectivity index (χ4v) is 5.05. The van der Waals surface area contributed by atoms with Crippen molar-refractivity contribution in [1.82, 2.24) is 19.7 Å². The van der Waals surface area contributed by atoms with Gasteiger partial charge in [0.15, 0.2) is 16.8 Å². The number of nitrogens with one attached hydrogen (secondary N) is 2. The highest BCUT2D eigenvalue weighted by Crippen LogP contribution is 2.31. The molecule has 0 unspecified atom stereocenters. The van der Waals surface area contributed by atoms with Gasteiger partial charge in [-0.25, -0.2) is 0 Å². The number of rotatable bonds is 9. The quantitative estimate of drug-likeness (QED) is 0.255.